The Bertz CT molecular complexity index is 380. The summed E-state index contributed by atoms with van der Waals surface area (Å²) >= 11 is 0. The fourth-order valence-corrected chi connectivity index (χ4v) is 2.60. The van der Waals surface area contributed by atoms with Gasteiger partial charge in [0.15, 0.2) is 0 Å². The van der Waals surface area contributed by atoms with E-state index in [0.717, 1.165) is 13.0 Å². The molecular formula is C7H12N4O2S. The van der Waals surface area contributed by atoms with E-state index in [9.17, 15) is 8.42 Å². The van der Waals surface area contributed by atoms with Crippen molar-refractivity contribution in [3.8, 4) is 0 Å². The minimum Gasteiger partial charge on any atom is -0.334 e. The number of aromatic nitrogens is 2. The quantitative estimate of drug-likeness (QED) is 0.608. The summed E-state index contributed by atoms with van der Waals surface area (Å²) in [7, 11) is -3.46. The van der Waals surface area contributed by atoms with Crippen molar-refractivity contribution < 1.29 is 8.42 Å². The van der Waals surface area contributed by atoms with Crippen LogP contribution >= 0.6 is 0 Å². The molecule has 0 spiro atoms. The van der Waals surface area contributed by atoms with Crippen LogP contribution in [0.5, 0.6) is 0 Å². The number of hydrogen-bond acceptors (Lipinski definition) is 4. The van der Waals surface area contributed by atoms with Gasteiger partial charge in [0.2, 0.25) is 5.16 Å². The summed E-state index contributed by atoms with van der Waals surface area (Å²) in [4.78, 5) is 6.27. The molecule has 1 fully saturated rings. The van der Waals surface area contributed by atoms with Gasteiger partial charge >= 0.3 is 0 Å². The Labute approximate surface area is 82.2 Å². The molecule has 0 unspecified atom stereocenters. The number of nitrogens with one attached hydrogen (secondary N) is 3. The number of sulfonamides is 1. The molecule has 1 aliphatic heterocycles. The Morgan fingerprint density at radius 3 is 3.00 bits per heavy atom. The van der Waals surface area contributed by atoms with Gasteiger partial charge in [-0.15, -0.1) is 0 Å². The van der Waals surface area contributed by atoms with Crippen molar-refractivity contribution in [3.05, 3.63) is 12.4 Å². The maximum atomic E-state index is 11.6. The maximum absolute atomic E-state index is 11.6. The zero-order chi connectivity index (χ0) is 10.0. The minimum atomic E-state index is -3.46. The molecule has 6 nitrogen and oxygen atoms in total. The largest absolute Gasteiger partial charge is 0.334 e. The van der Waals surface area contributed by atoms with E-state index >= 15 is 0 Å². The van der Waals surface area contributed by atoms with E-state index in [0.29, 0.717) is 6.54 Å². The molecule has 0 bridgehead atoms. The van der Waals surface area contributed by atoms with Gasteiger partial charge in [-0.3, -0.25) is 0 Å². The van der Waals surface area contributed by atoms with Crippen molar-refractivity contribution in [3.63, 3.8) is 0 Å². The lowest BCUT2D eigenvalue weighted by atomic mass is 10.3. The first kappa shape index (κ1) is 9.63. The molecule has 0 amide bonds. The highest BCUT2D eigenvalue weighted by Gasteiger charge is 2.23. The SMILES string of the molecule is O=S(=O)(N[C@@H]1CCNC1)c1ncc[nH]1. The Morgan fingerprint density at radius 1 is 1.57 bits per heavy atom. The Hall–Kier alpha value is -0.920. The summed E-state index contributed by atoms with van der Waals surface area (Å²) in [5.41, 5.74) is 0. The predicted octanol–water partition coefficient (Wildman–Crippen LogP) is -0.950. The summed E-state index contributed by atoms with van der Waals surface area (Å²) in [6.07, 6.45) is 3.73. The lowest BCUT2D eigenvalue weighted by molar-refractivity contribution is 0.553. The molecular weight excluding hydrogens is 204 g/mol. The fraction of sp³-hybridized carbons (Fsp3) is 0.571. The van der Waals surface area contributed by atoms with E-state index < -0.39 is 10.0 Å². The molecule has 1 atom stereocenters. The number of hydrogen-bond donors (Lipinski definition) is 3. The second kappa shape index (κ2) is 3.68. The van der Waals surface area contributed by atoms with Crippen LogP contribution in [0.2, 0.25) is 0 Å². The molecule has 0 radical (unpaired) electrons. The fourth-order valence-electron chi connectivity index (χ4n) is 1.43. The van der Waals surface area contributed by atoms with E-state index in [1.165, 1.54) is 12.4 Å². The molecule has 78 valence electrons. The lowest BCUT2D eigenvalue weighted by Gasteiger charge is -2.09. The van der Waals surface area contributed by atoms with Crippen LogP contribution in [0.1, 0.15) is 6.42 Å². The number of nitrogens with zero attached hydrogens (tertiary/aromatic N) is 1. The number of aromatic amines is 1. The Kier molecular flexibility index (Phi) is 2.53. The maximum Gasteiger partial charge on any atom is 0.274 e. The van der Waals surface area contributed by atoms with Gasteiger partial charge in [-0.05, 0) is 13.0 Å². The van der Waals surface area contributed by atoms with Gasteiger partial charge in [0.25, 0.3) is 10.0 Å². The van der Waals surface area contributed by atoms with Crippen LogP contribution in [0.3, 0.4) is 0 Å². The summed E-state index contributed by atoms with van der Waals surface area (Å²) < 4.78 is 25.8. The molecule has 1 aromatic rings. The van der Waals surface area contributed by atoms with Gasteiger partial charge in [0.05, 0.1) is 0 Å². The topological polar surface area (TPSA) is 86.9 Å². The Morgan fingerprint density at radius 2 is 2.43 bits per heavy atom. The van der Waals surface area contributed by atoms with Crippen molar-refractivity contribution in [1.29, 1.82) is 0 Å². The zero-order valence-corrected chi connectivity index (χ0v) is 8.34. The van der Waals surface area contributed by atoms with Gasteiger partial charge < -0.3 is 10.3 Å². The first-order chi connectivity index (χ1) is 6.68. The normalized spacial score (nSPS) is 22.7. The molecule has 2 rings (SSSR count). The van der Waals surface area contributed by atoms with Gasteiger partial charge in [-0.2, -0.15) is 0 Å². The van der Waals surface area contributed by atoms with Gasteiger partial charge in [-0.1, -0.05) is 0 Å². The highest BCUT2D eigenvalue weighted by molar-refractivity contribution is 7.89. The summed E-state index contributed by atoms with van der Waals surface area (Å²) in [6, 6.07) is -0.0231. The standard InChI is InChI=1S/C7H12N4O2S/c12-14(13,7-9-3-4-10-7)11-6-1-2-8-5-6/h3-4,6,8,11H,1-2,5H2,(H,9,10)/t6-/m1/s1. The molecule has 7 heteroatoms. The number of rotatable bonds is 3. The molecule has 3 N–H and O–H groups in total. The van der Waals surface area contributed by atoms with Gasteiger partial charge in [0, 0.05) is 25.0 Å². The molecule has 0 saturated carbocycles. The Balaban J connectivity index is 2.09. The first-order valence-corrected chi connectivity index (χ1v) is 5.89. The molecule has 14 heavy (non-hydrogen) atoms. The predicted molar refractivity (Wildman–Crippen MR) is 50.2 cm³/mol. The van der Waals surface area contributed by atoms with Crippen LogP contribution in [0.15, 0.2) is 17.6 Å². The number of imidazole rings is 1. The van der Waals surface area contributed by atoms with E-state index in [1.807, 2.05) is 0 Å². The van der Waals surface area contributed by atoms with Crippen LogP contribution in [-0.2, 0) is 10.0 Å². The van der Waals surface area contributed by atoms with Crippen LogP contribution in [-0.4, -0.2) is 37.5 Å². The highest BCUT2D eigenvalue weighted by Crippen LogP contribution is 2.05. The van der Waals surface area contributed by atoms with Crippen LogP contribution in [0, 0.1) is 0 Å². The van der Waals surface area contributed by atoms with E-state index in [2.05, 4.69) is 20.0 Å². The summed E-state index contributed by atoms with van der Waals surface area (Å²) in [6.45, 7) is 1.53. The van der Waals surface area contributed by atoms with Crippen LogP contribution < -0.4 is 10.0 Å². The van der Waals surface area contributed by atoms with E-state index in [4.69, 9.17) is 0 Å². The third-order valence-electron chi connectivity index (χ3n) is 2.11. The van der Waals surface area contributed by atoms with E-state index in [-0.39, 0.29) is 11.2 Å². The average molecular weight is 216 g/mol. The molecule has 1 aromatic heterocycles. The second-order valence-corrected chi connectivity index (χ2v) is 4.83. The van der Waals surface area contributed by atoms with Crippen LogP contribution in [0.4, 0.5) is 0 Å². The molecule has 1 saturated heterocycles. The zero-order valence-electron chi connectivity index (χ0n) is 7.53. The van der Waals surface area contributed by atoms with Gasteiger partial charge in [-0.25, -0.2) is 18.1 Å². The highest BCUT2D eigenvalue weighted by atomic mass is 32.2. The van der Waals surface area contributed by atoms with E-state index in [1.54, 1.807) is 0 Å². The molecule has 2 heterocycles. The molecule has 1 aliphatic rings. The minimum absolute atomic E-state index is 0.0231. The first-order valence-electron chi connectivity index (χ1n) is 4.41. The number of H-pyrrole nitrogens is 1. The lowest BCUT2D eigenvalue weighted by Crippen LogP contribution is -2.36. The summed E-state index contributed by atoms with van der Waals surface area (Å²) in [5.74, 6) is 0. The van der Waals surface area contributed by atoms with Crippen LogP contribution in [0.25, 0.3) is 0 Å². The second-order valence-electron chi connectivity index (χ2n) is 3.21. The van der Waals surface area contributed by atoms with Crippen molar-refractivity contribution >= 4 is 10.0 Å². The molecule has 0 aliphatic carbocycles. The van der Waals surface area contributed by atoms with Crippen molar-refractivity contribution in [2.75, 3.05) is 13.1 Å². The molecule has 0 aromatic carbocycles. The summed E-state index contributed by atoms with van der Waals surface area (Å²) in [5, 5.41) is 3.06. The average Bonchev–Trinajstić information content (AvgIpc) is 2.71. The monoisotopic (exact) mass is 216 g/mol. The van der Waals surface area contributed by atoms with Crippen molar-refractivity contribution in [1.82, 2.24) is 20.0 Å². The smallest absolute Gasteiger partial charge is 0.274 e. The van der Waals surface area contributed by atoms with Crippen molar-refractivity contribution in [2.45, 2.75) is 17.6 Å². The third-order valence-corrected chi connectivity index (χ3v) is 3.49. The third kappa shape index (κ3) is 1.94. The van der Waals surface area contributed by atoms with Crippen molar-refractivity contribution in [2.24, 2.45) is 0 Å². The van der Waals surface area contributed by atoms with Gasteiger partial charge in [0.1, 0.15) is 0 Å².